The molecule has 6 aromatic rings. The number of likely N-dealkylation sites (tertiary alicyclic amines) is 2. The van der Waals surface area contributed by atoms with Crippen molar-refractivity contribution in [2.75, 3.05) is 45.9 Å². The van der Waals surface area contributed by atoms with Crippen molar-refractivity contribution in [3.05, 3.63) is 184 Å². The van der Waals surface area contributed by atoms with Gasteiger partial charge in [-0.2, -0.15) is 53.3 Å². The van der Waals surface area contributed by atoms with Gasteiger partial charge in [0.1, 0.15) is 23.3 Å². The van der Waals surface area contributed by atoms with Crippen molar-refractivity contribution in [1.29, 1.82) is 0 Å². The standard InChI is InChI=1S/C41H49F5N2O4.C39H45F5N2O4.Li.H2O.2H2S/c1-7-52-35(51)19-29(37-38(42)27(6)17-30(39(37)43)36-25(4)10-8-11-26(36)5)18-33(49)32(16-24(2)3)48-21-28(31(20-34(48)50)41(44,45)46)12-15-47-22-40(23-47)13-9-14-40;1-22(2)14-30(46-19-26(29(18-32(46)48)39(42,43)44)10-13-45-20-38(21-45)11-7-12-38)31(47)16-27(17-33(49)50)35-36(40)25(5)15-28(37(35)41)34-23(3)8-6-9-24(34)4;;;;/h8,10-11,17,20-21,24,29,32H,7,9,12-16,18-19,22-23H2,1-6H3;6,8-9,15,18-19,22,27,30H,7,10-14,16-17,20-21H2,1-5H3,(H,49,50);;3*1H2/q;;+1;;;/p-1/t29-,32?;27-,30?;;;;/m00..../s1. The molecular weight excluding hydrogens is 1420 g/mol. The number of carbonyl (C=O) groups excluding carboxylic acids is 3. The first kappa shape index (κ1) is 90.2. The number of hydrogen-bond donors (Lipinski definition) is 1. The third-order valence-corrected chi connectivity index (χ3v) is 21.4. The SMILES string of the molecule is CCOC(=O)C[C@H](CC(=O)C(CC(C)C)n1cc(CCN2CC3(CCC3)C2)c(C(F)(F)F)cc1=O)c1c(F)c(C)cc(-c2c(C)cccc2C)c1F.Cc1cc(-c2c(C)cccc2C)c(F)c([C@H](CC(=O)O)CC(=O)C(CC(C)C)n2cc(CCN3CC4(CCC4)C3)c(C(F)(F)F)cc2=O)c1F.S.S.[Li+].[OH-]. The number of Topliss-reactive ketones (excluding diaryl/α,β-unsaturated/α-hetero) is 2. The summed E-state index contributed by atoms with van der Waals surface area (Å²) in [5.41, 5.74) is -0.350. The normalized spacial score (nSPS) is 16.3. The fraction of sp³-hybridized carbons (Fsp3) is 0.525. The molecule has 2 N–H and O–H groups in total. The summed E-state index contributed by atoms with van der Waals surface area (Å²) >= 11 is 0. The summed E-state index contributed by atoms with van der Waals surface area (Å²) in [5.74, 6) is -10.4. The van der Waals surface area contributed by atoms with Crippen LogP contribution in [0.1, 0.15) is 202 Å². The maximum absolute atomic E-state index is 16.7. The maximum atomic E-state index is 16.7. The van der Waals surface area contributed by atoms with E-state index in [1.807, 2.05) is 19.9 Å². The van der Waals surface area contributed by atoms with Crippen LogP contribution in [0.15, 0.2) is 82.6 Å². The van der Waals surface area contributed by atoms with E-state index in [4.69, 9.17) is 4.74 Å². The van der Waals surface area contributed by atoms with Crippen LogP contribution in [0.5, 0.6) is 0 Å². The molecule has 4 atom stereocenters. The number of rotatable bonds is 27. The Balaban J connectivity index is 0.000000367. The van der Waals surface area contributed by atoms with Gasteiger partial charge in [0, 0.05) is 111 Å². The number of carboxylic acids is 1. The molecule has 2 aliphatic carbocycles. The Morgan fingerprint density at radius 2 is 0.868 bits per heavy atom. The Bertz CT molecular complexity index is 4230. The molecule has 26 heteroatoms. The molecule has 4 fully saturated rings. The minimum atomic E-state index is -4.80. The number of carbonyl (C=O) groups is 4. The summed E-state index contributed by atoms with van der Waals surface area (Å²) < 4.78 is 158. The Labute approximate surface area is 640 Å². The van der Waals surface area contributed by atoms with E-state index in [-0.39, 0.29) is 140 Å². The van der Waals surface area contributed by atoms with Gasteiger partial charge in [-0.15, -0.1) is 0 Å². The summed E-state index contributed by atoms with van der Waals surface area (Å²) in [5, 5.41) is 9.83. The third-order valence-electron chi connectivity index (χ3n) is 21.4. The van der Waals surface area contributed by atoms with Crippen LogP contribution >= 0.6 is 27.0 Å². The molecule has 0 bridgehead atoms. The van der Waals surface area contributed by atoms with Crippen molar-refractivity contribution < 1.29 is 97.3 Å². The molecular formula is C80H99F10LiN4O9S2. The van der Waals surface area contributed by atoms with Crippen molar-refractivity contribution in [2.24, 2.45) is 22.7 Å². The van der Waals surface area contributed by atoms with E-state index in [2.05, 4.69) is 9.80 Å². The number of esters is 1. The van der Waals surface area contributed by atoms with Crippen LogP contribution in [0.25, 0.3) is 22.3 Å². The maximum Gasteiger partial charge on any atom is 1.00 e. The Morgan fingerprint density at radius 1 is 0.528 bits per heavy atom. The summed E-state index contributed by atoms with van der Waals surface area (Å²) in [7, 11) is 0. The Morgan fingerprint density at radius 3 is 1.16 bits per heavy atom. The van der Waals surface area contributed by atoms with Crippen LogP contribution in [-0.2, 0) is 49.1 Å². The first-order chi connectivity index (χ1) is 47.8. The van der Waals surface area contributed by atoms with Gasteiger partial charge in [0.2, 0.25) is 0 Å². The van der Waals surface area contributed by atoms with Crippen molar-refractivity contribution >= 4 is 50.5 Å². The van der Waals surface area contributed by atoms with Gasteiger partial charge in [0.15, 0.2) is 11.6 Å². The van der Waals surface area contributed by atoms with Gasteiger partial charge in [-0.1, -0.05) is 76.9 Å². The summed E-state index contributed by atoms with van der Waals surface area (Å²) in [6.45, 7) is 22.9. The Kier molecular flexibility index (Phi) is 31.3. The minimum absolute atomic E-state index is 0. The van der Waals surface area contributed by atoms with E-state index in [9.17, 15) is 60.2 Å². The molecule has 106 heavy (non-hydrogen) atoms. The first-order valence-corrected chi connectivity index (χ1v) is 35.5. The zero-order valence-corrected chi connectivity index (χ0v) is 64.6. The summed E-state index contributed by atoms with van der Waals surface area (Å²) in [6, 6.07) is 12.1. The number of ether oxygens (including phenoxy) is 1. The molecule has 2 unspecified atom stereocenters. The van der Waals surface area contributed by atoms with Crippen LogP contribution in [0.4, 0.5) is 43.9 Å². The van der Waals surface area contributed by atoms with Crippen molar-refractivity contribution in [1.82, 2.24) is 18.9 Å². The second-order valence-corrected chi connectivity index (χ2v) is 30.3. The van der Waals surface area contributed by atoms with Gasteiger partial charge < -0.3 is 34.3 Å². The van der Waals surface area contributed by atoms with Crippen LogP contribution in [0.2, 0.25) is 0 Å². The van der Waals surface area contributed by atoms with Gasteiger partial charge in [-0.05, 0) is 190 Å². The number of carboxylic acid groups (broad SMARTS) is 1. The first-order valence-electron chi connectivity index (χ1n) is 35.5. The number of halogens is 10. The quantitative estimate of drug-likeness (QED) is 0.0295. The summed E-state index contributed by atoms with van der Waals surface area (Å²) in [6.07, 6.45) is -2.87. The Hall–Kier alpha value is -6.46. The molecule has 10 rings (SSSR count). The largest absolute Gasteiger partial charge is 1.00 e. The van der Waals surface area contributed by atoms with Crippen LogP contribution in [-0.4, -0.2) is 98.9 Å². The molecule has 2 saturated heterocycles. The number of aliphatic carboxylic acids is 1. The van der Waals surface area contributed by atoms with Gasteiger partial charge in [-0.3, -0.25) is 28.8 Å². The molecule has 2 aliphatic heterocycles. The molecule has 13 nitrogen and oxygen atoms in total. The number of ketones is 2. The van der Waals surface area contributed by atoms with Crippen molar-refractivity contribution in [3.63, 3.8) is 0 Å². The molecule has 4 aliphatic rings. The van der Waals surface area contributed by atoms with E-state index in [0.717, 1.165) is 102 Å². The number of aryl methyl sites for hydroxylation is 6. The number of benzene rings is 4. The fourth-order valence-electron chi connectivity index (χ4n) is 16.0. The second-order valence-electron chi connectivity index (χ2n) is 30.3. The smallest absolute Gasteiger partial charge is 0.870 e. The van der Waals surface area contributed by atoms with Gasteiger partial charge in [0.25, 0.3) is 11.1 Å². The zero-order valence-electron chi connectivity index (χ0n) is 62.6. The van der Waals surface area contributed by atoms with E-state index in [1.54, 1.807) is 78.8 Å². The number of aromatic nitrogens is 2. The summed E-state index contributed by atoms with van der Waals surface area (Å²) in [4.78, 5) is 84.5. The molecule has 576 valence electrons. The van der Waals surface area contributed by atoms with Gasteiger partial charge in [0.05, 0.1) is 42.7 Å². The zero-order chi connectivity index (χ0) is 74.8. The van der Waals surface area contributed by atoms with Crippen LogP contribution < -0.4 is 30.0 Å². The monoisotopic (exact) mass is 1520 g/mol. The molecule has 0 amide bonds. The minimum Gasteiger partial charge on any atom is -0.870 e. The van der Waals surface area contributed by atoms with Gasteiger partial charge >= 0.3 is 43.2 Å². The molecule has 4 aromatic carbocycles. The number of alkyl halides is 6. The predicted octanol–water partition coefficient (Wildman–Crippen LogP) is 14.7. The average molecular weight is 1520 g/mol. The average Bonchev–Trinajstić information content (AvgIpc) is 0.776. The number of hydrogen-bond acceptors (Lipinski definition) is 10. The number of nitrogens with zero attached hydrogens (tertiary/aromatic N) is 4. The van der Waals surface area contributed by atoms with E-state index in [1.165, 1.54) is 32.4 Å². The van der Waals surface area contributed by atoms with E-state index in [0.29, 0.717) is 36.3 Å². The van der Waals surface area contributed by atoms with Crippen LogP contribution in [0.3, 0.4) is 0 Å². The van der Waals surface area contributed by atoms with E-state index >= 15 is 17.6 Å². The second kappa shape index (κ2) is 36.8. The molecule has 0 radical (unpaired) electrons. The number of pyridine rings is 2. The van der Waals surface area contributed by atoms with Crippen LogP contribution in [0, 0.1) is 87.5 Å². The van der Waals surface area contributed by atoms with E-state index < -0.39 is 142 Å². The predicted molar refractivity (Wildman–Crippen MR) is 394 cm³/mol. The molecule has 2 saturated carbocycles. The molecule has 4 heterocycles. The third kappa shape index (κ3) is 20.5. The van der Waals surface area contributed by atoms with Crippen molar-refractivity contribution in [3.8, 4) is 22.3 Å². The molecule has 2 aromatic heterocycles. The van der Waals surface area contributed by atoms with Crippen molar-refractivity contribution in [2.45, 2.75) is 202 Å². The van der Waals surface area contributed by atoms with Gasteiger partial charge in [-0.25, -0.2) is 17.6 Å². The fourth-order valence-corrected chi connectivity index (χ4v) is 16.0. The molecule has 2 spiro atoms. The topological polar surface area (TPSA) is 178 Å².